The fourth-order valence-corrected chi connectivity index (χ4v) is 3.91. The molecule has 0 aliphatic carbocycles. The summed E-state index contributed by atoms with van der Waals surface area (Å²) in [5.41, 5.74) is 1.27. The van der Waals surface area contributed by atoms with Crippen LogP contribution in [-0.2, 0) is 16.6 Å². The number of ketones is 1. The fraction of sp³-hybridized carbons (Fsp3) is 0.118. The van der Waals surface area contributed by atoms with Gasteiger partial charge in [0.25, 0.3) is 10.0 Å². The number of rotatable bonds is 6. The lowest BCUT2D eigenvalue weighted by molar-refractivity contribution is 0.101. The van der Waals surface area contributed by atoms with E-state index in [2.05, 4.69) is 30.8 Å². The van der Waals surface area contributed by atoms with Crippen LogP contribution in [0.1, 0.15) is 22.8 Å². The highest BCUT2D eigenvalue weighted by Gasteiger charge is 2.20. The van der Waals surface area contributed by atoms with Crippen molar-refractivity contribution in [3.8, 4) is 0 Å². The Morgan fingerprint density at radius 1 is 1.19 bits per heavy atom. The third kappa shape index (κ3) is 4.00. The number of carbonyl (C=O) groups excluding carboxylic acids is 1. The van der Waals surface area contributed by atoms with Gasteiger partial charge < -0.3 is 0 Å². The highest BCUT2D eigenvalue weighted by atomic mass is 79.9. The van der Waals surface area contributed by atoms with E-state index in [9.17, 15) is 13.2 Å². The van der Waals surface area contributed by atoms with Crippen molar-refractivity contribution in [1.29, 1.82) is 0 Å². The lowest BCUT2D eigenvalue weighted by Crippen LogP contribution is -2.17. The minimum absolute atomic E-state index is 0.0276. The van der Waals surface area contributed by atoms with E-state index in [1.807, 2.05) is 30.3 Å². The number of nitrogens with zero attached hydrogens (tertiary/aromatic N) is 3. The van der Waals surface area contributed by atoms with E-state index in [-0.39, 0.29) is 16.6 Å². The Morgan fingerprint density at radius 2 is 1.92 bits per heavy atom. The minimum Gasteiger partial charge on any atom is -0.295 e. The average Bonchev–Trinajstić information content (AvgIpc) is 3.02. The van der Waals surface area contributed by atoms with Gasteiger partial charge in [0.1, 0.15) is 6.33 Å². The maximum atomic E-state index is 12.7. The van der Waals surface area contributed by atoms with Gasteiger partial charge in [-0.1, -0.05) is 46.3 Å². The highest BCUT2D eigenvalue weighted by Crippen LogP contribution is 2.23. The van der Waals surface area contributed by atoms with Gasteiger partial charge in [-0.25, -0.2) is 13.1 Å². The van der Waals surface area contributed by atoms with Crippen molar-refractivity contribution in [2.24, 2.45) is 0 Å². The van der Waals surface area contributed by atoms with Gasteiger partial charge in [0, 0.05) is 10.0 Å². The molecule has 0 amide bonds. The van der Waals surface area contributed by atoms with Crippen molar-refractivity contribution in [2.45, 2.75) is 18.4 Å². The van der Waals surface area contributed by atoms with Crippen LogP contribution >= 0.6 is 15.9 Å². The minimum atomic E-state index is -3.92. The van der Waals surface area contributed by atoms with Crippen molar-refractivity contribution in [1.82, 2.24) is 14.8 Å². The predicted octanol–water partition coefficient (Wildman–Crippen LogP) is 3.09. The van der Waals surface area contributed by atoms with Crippen molar-refractivity contribution in [3.05, 3.63) is 70.5 Å². The van der Waals surface area contributed by atoms with Crippen LogP contribution in [0.4, 0.5) is 5.95 Å². The molecule has 9 heteroatoms. The molecule has 3 aromatic rings. The number of nitrogens with one attached hydrogen (secondary N) is 1. The van der Waals surface area contributed by atoms with Crippen LogP contribution in [0, 0.1) is 0 Å². The Hall–Kier alpha value is -2.52. The second-order valence-electron chi connectivity index (χ2n) is 5.57. The summed E-state index contributed by atoms with van der Waals surface area (Å²) < 4.78 is 29.9. The predicted molar refractivity (Wildman–Crippen MR) is 101 cm³/mol. The molecule has 2 aromatic carbocycles. The molecule has 0 saturated carbocycles. The molecular weight excluding hydrogens is 420 g/mol. The van der Waals surface area contributed by atoms with E-state index in [0.717, 1.165) is 5.56 Å². The standard InChI is InChI=1S/C17H15BrN4O3S/c1-12(23)15-9-14(7-8-16(15)18)26(24,25)21-17-20-19-11-22(17)10-13-5-3-2-4-6-13/h2-9,11H,10H2,1H3,(H,20,21). The van der Waals surface area contributed by atoms with Crippen molar-refractivity contribution >= 4 is 37.7 Å². The van der Waals surface area contributed by atoms with Gasteiger partial charge >= 0.3 is 0 Å². The van der Waals surface area contributed by atoms with Crippen LogP contribution in [0.3, 0.4) is 0 Å². The van der Waals surface area contributed by atoms with Crippen LogP contribution in [0.15, 0.2) is 64.2 Å². The molecule has 0 unspecified atom stereocenters. The SMILES string of the molecule is CC(=O)c1cc(S(=O)(=O)Nc2nncn2Cc2ccccc2)ccc1Br. The van der Waals surface area contributed by atoms with E-state index < -0.39 is 10.0 Å². The number of hydrogen-bond acceptors (Lipinski definition) is 5. The largest absolute Gasteiger partial charge is 0.295 e. The Kier molecular flexibility index (Phi) is 5.19. The summed E-state index contributed by atoms with van der Waals surface area (Å²) >= 11 is 3.24. The fourth-order valence-electron chi connectivity index (χ4n) is 2.35. The van der Waals surface area contributed by atoms with Crippen LogP contribution in [-0.4, -0.2) is 29.0 Å². The number of carbonyl (C=O) groups is 1. The molecule has 134 valence electrons. The summed E-state index contributed by atoms with van der Waals surface area (Å²) in [6.07, 6.45) is 1.45. The Morgan fingerprint density at radius 3 is 2.62 bits per heavy atom. The third-order valence-electron chi connectivity index (χ3n) is 3.66. The first-order valence-electron chi connectivity index (χ1n) is 7.62. The molecule has 1 heterocycles. The topological polar surface area (TPSA) is 93.9 Å². The molecule has 0 radical (unpaired) electrons. The molecule has 0 spiro atoms. The van der Waals surface area contributed by atoms with Crippen LogP contribution in [0.5, 0.6) is 0 Å². The summed E-state index contributed by atoms with van der Waals surface area (Å²) in [6.45, 7) is 1.80. The zero-order valence-electron chi connectivity index (χ0n) is 13.8. The molecular formula is C17H15BrN4O3S. The van der Waals surface area contributed by atoms with E-state index in [1.54, 1.807) is 4.57 Å². The van der Waals surface area contributed by atoms with Gasteiger partial charge in [0.2, 0.25) is 5.95 Å². The molecule has 7 nitrogen and oxygen atoms in total. The second-order valence-corrected chi connectivity index (χ2v) is 8.11. The smallest absolute Gasteiger partial charge is 0.264 e. The Bertz CT molecular complexity index is 1050. The van der Waals surface area contributed by atoms with Crippen LogP contribution in [0.25, 0.3) is 0 Å². The number of halogens is 1. The van der Waals surface area contributed by atoms with Gasteiger partial charge in [-0.2, -0.15) is 0 Å². The molecule has 26 heavy (non-hydrogen) atoms. The maximum absolute atomic E-state index is 12.7. The van der Waals surface area contributed by atoms with Gasteiger partial charge in [-0.05, 0) is 30.7 Å². The number of anilines is 1. The van der Waals surface area contributed by atoms with Crippen molar-refractivity contribution in [2.75, 3.05) is 4.72 Å². The first-order valence-corrected chi connectivity index (χ1v) is 9.89. The summed E-state index contributed by atoms with van der Waals surface area (Å²) in [5.74, 6) is -0.137. The average molecular weight is 435 g/mol. The molecule has 0 atom stereocenters. The lowest BCUT2D eigenvalue weighted by Gasteiger charge is -2.11. The molecule has 1 aromatic heterocycles. The first kappa shape index (κ1) is 18.3. The summed E-state index contributed by atoms with van der Waals surface area (Å²) in [4.78, 5) is 11.6. The number of benzene rings is 2. The highest BCUT2D eigenvalue weighted by molar-refractivity contribution is 9.10. The lowest BCUT2D eigenvalue weighted by atomic mass is 10.1. The zero-order valence-corrected chi connectivity index (χ0v) is 16.2. The zero-order chi connectivity index (χ0) is 18.7. The normalized spacial score (nSPS) is 11.3. The maximum Gasteiger partial charge on any atom is 0.264 e. The van der Waals surface area contributed by atoms with Crippen molar-refractivity contribution < 1.29 is 13.2 Å². The van der Waals surface area contributed by atoms with Crippen molar-refractivity contribution in [3.63, 3.8) is 0 Å². The summed E-state index contributed by atoms with van der Waals surface area (Å²) in [7, 11) is -3.92. The summed E-state index contributed by atoms with van der Waals surface area (Å²) in [6, 6.07) is 13.8. The number of sulfonamides is 1. The number of aromatic nitrogens is 3. The van der Waals surface area contributed by atoms with Gasteiger partial charge in [-0.15, -0.1) is 10.2 Å². The Balaban J connectivity index is 1.88. The quantitative estimate of drug-likeness (QED) is 0.601. The second kappa shape index (κ2) is 7.38. The van der Waals surface area contributed by atoms with E-state index in [4.69, 9.17) is 0 Å². The molecule has 0 aliphatic heterocycles. The number of hydrogen-bond donors (Lipinski definition) is 1. The molecule has 3 rings (SSSR count). The molecule has 0 fully saturated rings. The van der Waals surface area contributed by atoms with E-state index >= 15 is 0 Å². The van der Waals surface area contributed by atoms with Gasteiger partial charge in [-0.3, -0.25) is 9.36 Å². The van der Waals surface area contributed by atoms with Crippen LogP contribution in [0.2, 0.25) is 0 Å². The van der Waals surface area contributed by atoms with E-state index in [1.165, 1.54) is 31.5 Å². The number of Topliss-reactive ketones (excluding diaryl/α,β-unsaturated/α-hetero) is 1. The monoisotopic (exact) mass is 434 g/mol. The molecule has 0 bridgehead atoms. The first-order chi connectivity index (χ1) is 12.4. The van der Waals surface area contributed by atoms with E-state index in [0.29, 0.717) is 16.6 Å². The molecule has 0 saturated heterocycles. The summed E-state index contributed by atoms with van der Waals surface area (Å²) in [5, 5.41) is 7.63. The third-order valence-corrected chi connectivity index (χ3v) is 5.68. The molecule has 1 N–H and O–H groups in total. The van der Waals surface area contributed by atoms with Gasteiger partial charge in [0.05, 0.1) is 11.4 Å². The Labute approximate surface area is 159 Å². The van der Waals surface area contributed by atoms with Gasteiger partial charge in [0.15, 0.2) is 5.78 Å². The van der Waals surface area contributed by atoms with Crippen LogP contribution < -0.4 is 4.72 Å². The molecule has 0 aliphatic rings.